The minimum Gasteiger partial charge on any atom is -0.483 e. The van der Waals surface area contributed by atoms with E-state index in [-0.39, 0.29) is 30.8 Å². The van der Waals surface area contributed by atoms with E-state index in [9.17, 15) is 40.6 Å². The van der Waals surface area contributed by atoms with Crippen LogP contribution >= 0.6 is 0 Å². The molecule has 3 aromatic heterocycles. The van der Waals surface area contributed by atoms with Gasteiger partial charge in [-0.25, -0.2) is 14.2 Å². The van der Waals surface area contributed by atoms with Crippen molar-refractivity contribution in [3.8, 4) is 5.75 Å². The molecule has 0 aromatic carbocycles. The minimum absolute atomic E-state index is 0.0619. The first-order chi connectivity index (χ1) is 19.2. The average Bonchev–Trinajstić information content (AvgIpc) is 3.16. The number of aliphatic carboxylic acids is 1. The summed E-state index contributed by atoms with van der Waals surface area (Å²) < 4.78 is 90.7. The summed E-state index contributed by atoms with van der Waals surface area (Å²) in [6.45, 7) is 6.10. The summed E-state index contributed by atoms with van der Waals surface area (Å²) in [5.74, 6) is -3.56. The number of aliphatic hydroxyl groups is 1. The van der Waals surface area contributed by atoms with Gasteiger partial charge in [-0.15, -0.1) is 0 Å². The highest BCUT2D eigenvalue weighted by atomic mass is 19.4. The van der Waals surface area contributed by atoms with Crippen molar-refractivity contribution in [3.05, 3.63) is 59.1 Å². The van der Waals surface area contributed by atoms with Gasteiger partial charge in [0, 0.05) is 18.8 Å². The molecule has 1 unspecified atom stereocenters. The molecule has 0 spiro atoms. The van der Waals surface area contributed by atoms with E-state index in [0.717, 1.165) is 5.56 Å². The standard InChI is InChI=1S/C24H28F4N4O3.C2HF3O2/c1-14-11-18(35-13-17-16(25)7-6-10-29-17)21-30-15(2)20(32(21)12-14)22(33)31-19(23(3,4)34)8-5-9-24(26,27)28;3-2(4,5)1(6)7/h6-7,10-12,19,34H,5,8-9,13H2,1-4H3,(H,31,33);(H,6,7). The maximum atomic E-state index is 13.9. The topological polar surface area (TPSA) is 126 Å². The number of carbonyl (C=O) groups excluding carboxylic acids is 1. The molecule has 0 aliphatic heterocycles. The Morgan fingerprint density at radius 1 is 1.14 bits per heavy atom. The fraction of sp³-hybridized carbons (Fsp3) is 0.462. The maximum absolute atomic E-state index is 13.9. The zero-order chi connectivity index (χ0) is 32.0. The second kappa shape index (κ2) is 13.4. The molecule has 0 aliphatic carbocycles. The Hall–Kier alpha value is -3.95. The highest BCUT2D eigenvalue weighted by molar-refractivity contribution is 5.95. The highest BCUT2D eigenvalue weighted by Gasteiger charge is 2.38. The molecule has 0 bridgehead atoms. The molecule has 3 heterocycles. The third kappa shape index (κ3) is 9.85. The van der Waals surface area contributed by atoms with Crippen LogP contribution in [0.15, 0.2) is 30.6 Å². The Labute approximate surface area is 235 Å². The third-order valence-corrected chi connectivity index (χ3v) is 5.77. The normalized spacial score (nSPS) is 12.9. The maximum Gasteiger partial charge on any atom is 0.490 e. The van der Waals surface area contributed by atoms with Crippen LogP contribution in [0.3, 0.4) is 0 Å². The number of imidazole rings is 1. The lowest BCUT2D eigenvalue weighted by Crippen LogP contribution is -2.49. The molecule has 1 amide bonds. The van der Waals surface area contributed by atoms with Gasteiger partial charge in [-0.2, -0.15) is 26.3 Å². The number of ether oxygens (including phenoxy) is 1. The van der Waals surface area contributed by atoms with Crippen molar-refractivity contribution in [1.29, 1.82) is 0 Å². The second-order valence-electron chi connectivity index (χ2n) is 9.83. The zero-order valence-corrected chi connectivity index (χ0v) is 22.9. The number of aromatic nitrogens is 3. The van der Waals surface area contributed by atoms with E-state index in [1.165, 1.54) is 36.6 Å². The summed E-state index contributed by atoms with van der Waals surface area (Å²) >= 11 is 0. The average molecular weight is 611 g/mol. The van der Waals surface area contributed by atoms with Gasteiger partial charge in [0.1, 0.15) is 23.8 Å². The number of alkyl halides is 6. The van der Waals surface area contributed by atoms with Crippen LogP contribution in [-0.4, -0.2) is 60.5 Å². The molecule has 0 fully saturated rings. The van der Waals surface area contributed by atoms with Crippen LogP contribution in [0.1, 0.15) is 60.5 Å². The van der Waals surface area contributed by atoms with Gasteiger partial charge in [0.15, 0.2) is 11.4 Å². The molecule has 3 N–H and O–H groups in total. The Kier molecular flexibility index (Phi) is 10.9. The first-order valence-electron chi connectivity index (χ1n) is 12.3. The number of hydrogen-bond donors (Lipinski definition) is 3. The number of pyridine rings is 2. The molecule has 16 heteroatoms. The van der Waals surface area contributed by atoms with Crippen LogP contribution in [0.2, 0.25) is 0 Å². The Balaban J connectivity index is 0.000000782. The summed E-state index contributed by atoms with van der Waals surface area (Å²) in [5.41, 5.74) is 0.206. The van der Waals surface area contributed by atoms with Crippen LogP contribution < -0.4 is 10.1 Å². The van der Waals surface area contributed by atoms with Gasteiger partial charge in [0.2, 0.25) is 0 Å². The number of hydrogen-bond acceptors (Lipinski definition) is 6. The van der Waals surface area contributed by atoms with Gasteiger partial charge in [0.25, 0.3) is 5.91 Å². The predicted octanol–water partition coefficient (Wildman–Crippen LogP) is 5.30. The molecule has 0 saturated heterocycles. The van der Waals surface area contributed by atoms with Crippen LogP contribution in [0.25, 0.3) is 5.65 Å². The van der Waals surface area contributed by atoms with Gasteiger partial charge in [-0.1, -0.05) is 0 Å². The molecule has 3 rings (SSSR count). The predicted molar refractivity (Wildman–Crippen MR) is 134 cm³/mol. The van der Waals surface area contributed by atoms with Gasteiger partial charge >= 0.3 is 18.3 Å². The fourth-order valence-corrected chi connectivity index (χ4v) is 3.74. The number of aryl methyl sites for hydroxylation is 2. The largest absolute Gasteiger partial charge is 0.490 e. The van der Waals surface area contributed by atoms with E-state index in [1.54, 1.807) is 26.1 Å². The first-order valence-corrected chi connectivity index (χ1v) is 12.3. The Morgan fingerprint density at radius 3 is 2.29 bits per heavy atom. The lowest BCUT2D eigenvalue weighted by Gasteiger charge is -2.30. The minimum atomic E-state index is -5.08. The molecule has 3 aromatic rings. The van der Waals surface area contributed by atoms with Crippen molar-refractivity contribution >= 4 is 17.5 Å². The van der Waals surface area contributed by atoms with Crippen molar-refractivity contribution in [2.75, 3.05) is 0 Å². The molecule has 1 atom stereocenters. The lowest BCUT2D eigenvalue weighted by molar-refractivity contribution is -0.192. The number of carboxylic acid groups (broad SMARTS) is 1. The fourth-order valence-electron chi connectivity index (χ4n) is 3.74. The molecule has 232 valence electrons. The van der Waals surface area contributed by atoms with Gasteiger partial charge in [0.05, 0.1) is 17.3 Å². The van der Waals surface area contributed by atoms with E-state index < -0.39 is 48.1 Å². The second-order valence-corrected chi connectivity index (χ2v) is 9.83. The van der Waals surface area contributed by atoms with E-state index in [4.69, 9.17) is 14.6 Å². The molecule has 0 saturated carbocycles. The van der Waals surface area contributed by atoms with Gasteiger partial charge < -0.3 is 20.3 Å². The number of rotatable bonds is 9. The van der Waals surface area contributed by atoms with Crippen molar-refractivity contribution in [3.63, 3.8) is 0 Å². The van der Waals surface area contributed by atoms with E-state index in [1.807, 2.05) is 0 Å². The van der Waals surface area contributed by atoms with Gasteiger partial charge in [-0.05, 0) is 64.3 Å². The monoisotopic (exact) mass is 610 g/mol. The summed E-state index contributed by atoms with van der Waals surface area (Å²) in [4.78, 5) is 30.5. The highest BCUT2D eigenvalue weighted by Crippen LogP contribution is 2.27. The van der Waals surface area contributed by atoms with Crippen LogP contribution in [0, 0.1) is 19.7 Å². The molecule has 9 nitrogen and oxygen atoms in total. The molecule has 0 radical (unpaired) electrons. The van der Waals surface area contributed by atoms with E-state index in [0.29, 0.717) is 17.1 Å². The summed E-state index contributed by atoms with van der Waals surface area (Å²) in [7, 11) is 0. The number of halogens is 7. The van der Waals surface area contributed by atoms with E-state index in [2.05, 4.69) is 15.3 Å². The lowest BCUT2D eigenvalue weighted by atomic mass is 9.93. The molecular formula is C26H29F7N4O5. The van der Waals surface area contributed by atoms with Crippen molar-refractivity contribution in [2.24, 2.45) is 0 Å². The summed E-state index contributed by atoms with van der Waals surface area (Å²) in [6, 6.07) is 3.51. The van der Waals surface area contributed by atoms with Crippen LogP contribution in [-0.2, 0) is 11.4 Å². The van der Waals surface area contributed by atoms with Crippen molar-refractivity contribution in [2.45, 2.75) is 77.6 Å². The SMILES string of the molecule is Cc1cc(OCc2ncccc2F)c2nc(C)c(C(=O)NC(CCCC(F)(F)F)C(C)(C)O)n2c1.O=C(O)C(F)(F)F. The molecule has 0 aliphatic rings. The quantitative estimate of drug-likeness (QED) is 0.281. The molecular weight excluding hydrogens is 581 g/mol. The number of fused-ring (bicyclic) bond motifs is 1. The first kappa shape index (κ1) is 34.3. The van der Waals surface area contributed by atoms with Crippen LogP contribution in [0.4, 0.5) is 30.7 Å². The molecule has 42 heavy (non-hydrogen) atoms. The van der Waals surface area contributed by atoms with Crippen molar-refractivity contribution < 1.29 is 55.3 Å². The van der Waals surface area contributed by atoms with Gasteiger partial charge in [-0.3, -0.25) is 14.2 Å². The smallest absolute Gasteiger partial charge is 0.483 e. The van der Waals surface area contributed by atoms with Crippen molar-refractivity contribution in [1.82, 2.24) is 19.7 Å². The number of nitrogens with one attached hydrogen (secondary N) is 1. The Morgan fingerprint density at radius 2 is 1.76 bits per heavy atom. The number of carbonyl (C=O) groups is 2. The summed E-state index contributed by atoms with van der Waals surface area (Å²) in [6.07, 6.45) is -7.61. The number of carboxylic acids is 1. The Bertz CT molecular complexity index is 1400. The number of nitrogens with zero attached hydrogens (tertiary/aromatic N) is 3. The zero-order valence-electron chi connectivity index (χ0n) is 22.9. The van der Waals surface area contributed by atoms with Crippen LogP contribution in [0.5, 0.6) is 5.75 Å². The van der Waals surface area contributed by atoms with E-state index >= 15 is 0 Å². The number of amides is 1. The summed E-state index contributed by atoms with van der Waals surface area (Å²) in [5, 5.41) is 20.2. The third-order valence-electron chi connectivity index (χ3n) is 5.77.